The number of esters is 1. The van der Waals surface area contributed by atoms with E-state index in [2.05, 4.69) is 0 Å². The molecule has 1 fully saturated rings. The number of ether oxygens (including phenoxy) is 1. The van der Waals surface area contributed by atoms with Crippen molar-refractivity contribution in [1.82, 2.24) is 0 Å². The Morgan fingerprint density at radius 2 is 1.93 bits per heavy atom. The zero-order valence-corrected chi connectivity index (χ0v) is 8.87. The maximum atomic E-state index is 11.6. The minimum atomic E-state index is -1.42. The van der Waals surface area contributed by atoms with Crippen molar-refractivity contribution in [3.05, 3.63) is 0 Å². The summed E-state index contributed by atoms with van der Waals surface area (Å²) >= 11 is 0. The van der Waals surface area contributed by atoms with E-state index in [0.717, 1.165) is 12.8 Å². The van der Waals surface area contributed by atoms with E-state index in [1.165, 1.54) is 0 Å². The molecule has 0 saturated heterocycles. The number of carbonyl (C=O) groups excluding carboxylic acids is 2. The quantitative estimate of drug-likeness (QED) is 0.411. The number of hydrogen-bond donors (Lipinski definition) is 1. The maximum Gasteiger partial charge on any atom is 0.334 e. The molecule has 0 spiro atoms. The first kappa shape index (κ1) is 11.2. The molecule has 4 nitrogen and oxygen atoms in total. The van der Waals surface area contributed by atoms with E-state index in [1.54, 1.807) is 20.8 Å². The first-order valence-corrected chi connectivity index (χ1v) is 4.78. The molecule has 1 saturated carbocycles. The zero-order chi connectivity index (χ0) is 11.0. The molecule has 1 unspecified atom stereocenters. The van der Waals surface area contributed by atoms with E-state index in [0.29, 0.717) is 6.29 Å². The van der Waals surface area contributed by atoms with E-state index in [9.17, 15) is 9.59 Å². The third-order valence-electron chi connectivity index (χ3n) is 2.20. The fourth-order valence-electron chi connectivity index (χ4n) is 1.24. The number of aldehydes is 1. The fourth-order valence-corrected chi connectivity index (χ4v) is 1.24. The third-order valence-corrected chi connectivity index (χ3v) is 2.20. The van der Waals surface area contributed by atoms with Crippen LogP contribution in [0.15, 0.2) is 0 Å². The Morgan fingerprint density at radius 1 is 1.43 bits per heavy atom. The highest BCUT2D eigenvalue weighted by molar-refractivity contribution is 5.99. The molecule has 2 N–H and O–H groups in total. The normalized spacial score (nSPS) is 21.1. The summed E-state index contributed by atoms with van der Waals surface area (Å²) in [5, 5.41) is 0. The first-order chi connectivity index (χ1) is 6.29. The van der Waals surface area contributed by atoms with Crippen LogP contribution in [0.4, 0.5) is 0 Å². The molecular weight excluding hydrogens is 182 g/mol. The second-order valence-electron chi connectivity index (χ2n) is 4.83. The van der Waals surface area contributed by atoms with Crippen LogP contribution in [0.5, 0.6) is 0 Å². The predicted molar refractivity (Wildman–Crippen MR) is 51.6 cm³/mol. The molecule has 0 bridgehead atoms. The molecule has 0 amide bonds. The summed E-state index contributed by atoms with van der Waals surface area (Å²) in [6.07, 6.45) is 2.17. The molecule has 1 rings (SSSR count). The lowest BCUT2D eigenvalue weighted by Gasteiger charge is -2.27. The Bertz CT molecular complexity index is 253. The molecule has 14 heavy (non-hydrogen) atoms. The zero-order valence-electron chi connectivity index (χ0n) is 8.87. The largest absolute Gasteiger partial charge is 0.458 e. The van der Waals surface area contributed by atoms with Crippen LogP contribution in [-0.2, 0) is 14.3 Å². The summed E-state index contributed by atoms with van der Waals surface area (Å²) in [4.78, 5) is 22.4. The lowest BCUT2D eigenvalue weighted by atomic mass is 9.96. The summed E-state index contributed by atoms with van der Waals surface area (Å²) in [6.45, 7) is 5.26. The van der Waals surface area contributed by atoms with Gasteiger partial charge in [0.15, 0.2) is 11.8 Å². The Morgan fingerprint density at radius 3 is 2.21 bits per heavy atom. The average Bonchev–Trinajstić information content (AvgIpc) is 2.81. The van der Waals surface area contributed by atoms with Crippen molar-refractivity contribution in [3.8, 4) is 0 Å². The molecule has 1 aliphatic carbocycles. The van der Waals surface area contributed by atoms with Gasteiger partial charge in [0.1, 0.15) is 5.60 Å². The van der Waals surface area contributed by atoms with Gasteiger partial charge in [-0.05, 0) is 39.5 Å². The highest BCUT2D eigenvalue weighted by Crippen LogP contribution is 2.38. The minimum absolute atomic E-state index is 0.0325. The topological polar surface area (TPSA) is 69.4 Å². The molecular formula is C10H17NO3. The second-order valence-corrected chi connectivity index (χ2v) is 4.83. The van der Waals surface area contributed by atoms with Crippen molar-refractivity contribution < 1.29 is 14.3 Å². The highest BCUT2D eigenvalue weighted by Gasteiger charge is 2.50. The van der Waals surface area contributed by atoms with Crippen molar-refractivity contribution in [1.29, 1.82) is 0 Å². The molecule has 0 aliphatic heterocycles. The predicted octanol–water partition coefficient (Wildman–Crippen LogP) is 0.634. The SMILES string of the molecule is CC(C)(C)OC(=O)C(N)(C=O)C1CC1. The Labute approximate surface area is 83.8 Å². The monoisotopic (exact) mass is 199 g/mol. The van der Waals surface area contributed by atoms with Crippen LogP contribution in [0.3, 0.4) is 0 Å². The van der Waals surface area contributed by atoms with Gasteiger partial charge >= 0.3 is 5.97 Å². The van der Waals surface area contributed by atoms with Gasteiger partial charge in [-0.2, -0.15) is 0 Å². The molecule has 1 aliphatic rings. The lowest BCUT2D eigenvalue weighted by molar-refractivity contribution is -0.163. The summed E-state index contributed by atoms with van der Waals surface area (Å²) in [6, 6.07) is 0. The van der Waals surface area contributed by atoms with E-state index in [4.69, 9.17) is 10.5 Å². The van der Waals surface area contributed by atoms with Gasteiger partial charge < -0.3 is 15.3 Å². The van der Waals surface area contributed by atoms with Crippen LogP contribution in [0.2, 0.25) is 0 Å². The molecule has 1 atom stereocenters. The summed E-state index contributed by atoms with van der Waals surface area (Å²) in [5.74, 6) is -0.641. The number of nitrogens with two attached hydrogens (primary N) is 1. The molecule has 0 aromatic carbocycles. The standard InChI is InChI=1S/C10H17NO3/c1-9(2,3)14-8(13)10(11,6-12)7-4-5-7/h6-7H,4-5,11H2,1-3H3. The molecule has 0 aromatic heterocycles. The molecule has 4 heteroatoms. The number of hydrogen-bond acceptors (Lipinski definition) is 4. The van der Waals surface area contributed by atoms with Gasteiger partial charge in [-0.3, -0.25) is 0 Å². The van der Waals surface area contributed by atoms with E-state index < -0.39 is 17.1 Å². The second kappa shape index (κ2) is 3.35. The summed E-state index contributed by atoms with van der Waals surface area (Å²) in [5.41, 5.74) is 3.69. The van der Waals surface area contributed by atoms with Crippen molar-refractivity contribution >= 4 is 12.3 Å². The highest BCUT2D eigenvalue weighted by atomic mass is 16.6. The average molecular weight is 199 g/mol. The van der Waals surface area contributed by atoms with Gasteiger partial charge in [-0.25, -0.2) is 4.79 Å². The fraction of sp³-hybridized carbons (Fsp3) is 0.800. The van der Waals surface area contributed by atoms with Gasteiger partial charge in [-0.15, -0.1) is 0 Å². The minimum Gasteiger partial charge on any atom is -0.458 e. The van der Waals surface area contributed by atoms with Crippen molar-refractivity contribution in [2.75, 3.05) is 0 Å². The summed E-state index contributed by atoms with van der Waals surface area (Å²) in [7, 11) is 0. The molecule has 80 valence electrons. The molecule has 0 radical (unpaired) electrons. The smallest absolute Gasteiger partial charge is 0.334 e. The Kier molecular flexibility index (Phi) is 2.67. The van der Waals surface area contributed by atoms with Crippen LogP contribution < -0.4 is 5.73 Å². The summed E-state index contributed by atoms with van der Waals surface area (Å²) < 4.78 is 5.10. The third kappa shape index (κ3) is 2.32. The Balaban J connectivity index is 2.70. The van der Waals surface area contributed by atoms with Crippen LogP contribution in [0, 0.1) is 5.92 Å². The molecule has 0 aromatic rings. The maximum absolute atomic E-state index is 11.6. The first-order valence-electron chi connectivity index (χ1n) is 4.78. The lowest BCUT2D eigenvalue weighted by Crippen LogP contribution is -2.54. The van der Waals surface area contributed by atoms with Gasteiger partial charge in [0.2, 0.25) is 0 Å². The van der Waals surface area contributed by atoms with Crippen LogP contribution in [-0.4, -0.2) is 23.4 Å². The van der Waals surface area contributed by atoms with E-state index >= 15 is 0 Å². The van der Waals surface area contributed by atoms with E-state index in [1.807, 2.05) is 0 Å². The van der Waals surface area contributed by atoms with Gasteiger partial charge in [0.05, 0.1) is 0 Å². The van der Waals surface area contributed by atoms with Crippen LogP contribution in [0.25, 0.3) is 0 Å². The van der Waals surface area contributed by atoms with Gasteiger partial charge in [0.25, 0.3) is 0 Å². The molecule has 0 heterocycles. The number of rotatable bonds is 3. The van der Waals surface area contributed by atoms with Gasteiger partial charge in [0, 0.05) is 0 Å². The van der Waals surface area contributed by atoms with Crippen LogP contribution in [0.1, 0.15) is 33.6 Å². The van der Waals surface area contributed by atoms with Crippen molar-refractivity contribution in [2.45, 2.75) is 44.8 Å². The number of carbonyl (C=O) groups is 2. The van der Waals surface area contributed by atoms with Gasteiger partial charge in [-0.1, -0.05) is 0 Å². The van der Waals surface area contributed by atoms with E-state index in [-0.39, 0.29) is 5.92 Å². The van der Waals surface area contributed by atoms with Crippen molar-refractivity contribution in [3.63, 3.8) is 0 Å². The van der Waals surface area contributed by atoms with Crippen molar-refractivity contribution in [2.24, 2.45) is 11.7 Å². The van der Waals surface area contributed by atoms with Crippen LogP contribution >= 0.6 is 0 Å². The Hall–Kier alpha value is -0.900.